The summed E-state index contributed by atoms with van der Waals surface area (Å²) in [5, 5.41) is 0. The van der Waals surface area contributed by atoms with Crippen LogP contribution in [0, 0.1) is 6.92 Å². The van der Waals surface area contributed by atoms with Gasteiger partial charge in [-0.3, -0.25) is 4.90 Å². The van der Waals surface area contributed by atoms with E-state index in [9.17, 15) is 0 Å². The third kappa shape index (κ3) is 4.14. The maximum absolute atomic E-state index is 5.79. The van der Waals surface area contributed by atoms with Gasteiger partial charge in [-0.05, 0) is 31.0 Å². The van der Waals surface area contributed by atoms with E-state index in [2.05, 4.69) is 31.9 Å². The second kappa shape index (κ2) is 7.49. The van der Waals surface area contributed by atoms with E-state index in [0.717, 1.165) is 56.4 Å². The monoisotopic (exact) mass is 327 g/mol. The van der Waals surface area contributed by atoms with Crippen molar-refractivity contribution in [2.24, 2.45) is 0 Å². The van der Waals surface area contributed by atoms with Crippen molar-refractivity contribution in [2.45, 2.75) is 19.9 Å². The summed E-state index contributed by atoms with van der Waals surface area (Å²) in [6, 6.07) is 10.3. The summed E-state index contributed by atoms with van der Waals surface area (Å²) in [6.07, 6.45) is 1.11. The van der Waals surface area contributed by atoms with Crippen LogP contribution in [0.15, 0.2) is 30.3 Å². The molecule has 0 saturated carbocycles. The average Bonchev–Trinajstić information content (AvgIpc) is 2.80. The van der Waals surface area contributed by atoms with Gasteiger partial charge in [0.15, 0.2) is 0 Å². The number of methoxy groups -OCH3 is 1. The molecule has 6 nitrogen and oxygen atoms in total. The fourth-order valence-corrected chi connectivity index (χ4v) is 3.08. The Bertz CT molecular complexity index is 653. The molecule has 1 fully saturated rings. The maximum atomic E-state index is 5.79. The minimum atomic E-state index is 0.351. The Hall–Kier alpha value is -2.34. The largest absolute Gasteiger partial charge is 0.497 e. The van der Waals surface area contributed by atoms with Crippen LogP contribution in [0.1, 0.15) is 17.7 Å². The number of aryl methyl sites for hydroxylation is 1. The number of ether oxygens (including phenoxy) is 1. The molecule has 3 rings (SSSR count). The lowest BCUT2D eigenvalue weighted by Gasteiger charge is -2.23. The van der Waals surface area contributed by atoms with Gasteiger partial charge in [0.1, 0.15) is 11.6 Å². The highest BCUT2D eigenvalue weighted by molar-refractivity contribution is 5.43. The van der Waals surface area contributed by atoms with Gasteiger partial charge in [-0.15, -0.1) is 0 Å². The lowest BCUT2D eigenvalue weighted by atomic mass is 10.2. The topological polar surface area (TPSA) is 67.5 Å². The van der Waals surface area contributed by atoms with E-state index in [1.807, 2.05) is 25.1 Å². The lowest BCUT2D eigenvalue weighted by molar-refractivity contribution is 0.285. The normalized spacial score (nSPS) is 16.0. The number of aromatic nitrogens is 2. The van der Waals surface area contributed by atoms with Crippen LogP contribution in [-0.4, -0.2) is 48.2 Å². The second-order valence-electron chi connectivity index (χ2n) is 6.19. The number of benzene rings is 1. The molecule has 128 valence electrons. The van der Waals surface area contributed by atoms with Gasteiger partial charge in [0, 0.05) is 44.5 Å². The van der Waals surface area contributed by atoms with Gasteiger partial charge in [0.05, 0.1) is 7.11 Å². The van der Waals surface area contributed by atoms with Crippen LogP contribution in [-0.2, 0) is 6.54 Å². The van der Waals surface area contributed by atoms with E-state index >= 15 is 0 Å². The average molecular weight is 327 g/mol. The number of anilines is 2. The van der Waals surface area contributed by atoms with Crippen molar-refractivity contribution in [1.82, 2.24) is 14.9 Å². The number of rotatable bonds is 4. The van der Waals surface area contributed by atoms with Gasteiger partial charge < -0.3 is 15.4 Å². The Labute approximate surface area is 143 Å². The summed E-state index contributed by atoms with van der Waals surface area (Å²) < 4.78 is 5.22. The van der Waals surface area contributed by atoms with E-state index in [1.54, 1.807) is 7.11 Å². The fourth-order valence-electron chi connectivity index (χ4n) is 3.08. The van der Waals surface area contributed by atoms with Crippen LogP contribution in [0.2, 0.25) is 0 Å². The summed E-state index contributed by atoms with van der Waals surface area (Å²) in [5.41, 5.74) is 8.01. The van der Waals surface area contributed by atoms with Crippen molar-refractivity contribution in [1.29, 1.82) is 0 Å². The van der Waals surface area contributed by atoms with E-state index in [4.69, 9.17) is 10.5 Å². The van der Waals surface area contributed by atoms with Crippen molar-refractivity contribution in [2.75, 3.05) is 43.9 Å². The van der Waals surface area contributed by atoms with Crippen molar-refractivity contribution >= 4 is 11.8 Å². The molecule has 1 aromatic carbocycles. The number of nitrogens with two attached hydrogens (primary N) is 1. The highest BCUT2D eigenvalue weighted by atomic mass is 16.5. The summed E-state index contributed by atoms with van der Waals surface area (Å²) in [5.74, 6) is 2.19. The number of hydrogen-bond acceptors (Lipinski definition) is 6. The van der Waals surface area contributed by atoms with Crippen LogP contribution < -0.4 is 15.4 Å². The molecule has 0 unspecified atom stereocenters. The van der Waals surface area contributed by atoms with Crippen molar-refractivity contribution in [3.05, 3.63) is 41.6 Å². The van der Waals surface area contributed by atoms with Crippen LogP contribution in [0.25, 0.3) is 0 Å². The van der Waals surface area contributed by atoms with Gasteiger partial charge in [0.2, 0.25) is 5.95 Å². The first kappa shape index (κ1) is 16.5. The number of nitrogen functional groups attached to an aromatic ring is 1. The Morgan fingerprint density at radius 1 is 1.08 bits per heavy atom. The van der Waals surface area contributed by atoms with Gasteiger partial charge >= 0.3 is 0 Å². The summed E-state index contributed by atoms with van der Waals surface area (Å²) in [6.45, 7) is 6.95. The molecule has 2 aromatic rings. The summed E-state index contributed by atoms with van der Waals surface area (Å²) >= 11 is 0. The highest BCUT2D eigenvalue weighted by Gasteiger charge is 2.17. The molecule has 0 aliphatic carbocycles. The van der Waals surface area contributed by atoms with E-state index < -0.39 is 0 Å². The van der Waals surface area contributed by atoms with Crippen LogP contribution in [0.5, 0.6) is 5.75 Å². The third-order valence-corrected chi connectivity index (χ3v) is 4.34. The minimum absolute atomic E-state index is 0.351. The third-order valence-electron chi connectivity index (χ3n) is 4.34. The first-order valence-electron chi connectivity index (χ1n) is 8.35. The number of nitrogens with zero attached hydrogens (tertiary/aromatic N) is 4. The first-order valence-corrected chi connectivity index (χ1v) is 8.35. The Kier molecular flexibility index (Phi) is 5.15. The highest BCUT2D eigenvalue weighted by Crippen LogP contribution is 2.18. The van der Waals surface area contributed by atoms with E-state index in [0.29, 0.717) is 5.95 Å². The molecule has 0 atom stereocenters. The first-order chi connectivity index (χ1) is 11.6. The zero-order chi connectivity index (χ0) is 16.9. The predicted octanol–water partition coefficient (Wildman–Crippen LogP) is 2.09. The maximum Gasteiger partial charge on any atom is 0.222 e. The van der Waals surface area contributed by atoms with Crippen LogP contribution in [0.3, 0.4) is 0 Å². The minimum Gasteiger partial charge on any atom is -0.497 e. The Morgan fingerprint density at radius 3 is 2.58 bits per heavy atom. The molecular weight excluding hydrogens is 302 g/mol. The van der Waals surface area contributed by atoms with Crippen molar-refractivity contribution < 1.29 is 4.74 Å². The molecule has 2 N–H and O–H groups in total. The standard InChI is InChI=1S/C18H25N5O/c1-14-12-17(21-18(19)20-14)23-9-3-8-22(10-11-23)13-15-4-6-16(24-2)7-5-15/h4-7,12H,3,8-11,13H2,1-2H3,(H2,19,20,21). The fraction of sp³-hybridized carbons (Fsp3) is 0.444. The lowest BCUT2D eigenvalue weighted by Crippen LogP contribution is -2.31. The second-order valence-corrected chi connectivity index (χ2v) is 6.19. The molecule has 24 heavy (non-hydrogen) atoms. The molecule has 0 spiro atoms. The molecule has 6 heteroatoms. The van der Waals surface area contributed by atoms with Gasteiger partial charge in [-0.1, -0.05) is 12.1 Å². The molecule has 1 saturated heterocycles. The molecule has 0 radical (unpaired) electrons. The molecule has 2 heterocycles. The van der Waals surface area contributed by atoms with Crippen molar-refractivity contribution in [3.63, 3.8) is 0 Å². The van der Waals surface area contributed by atoms with Gasteiger partial charge in [-0.25, -0.2) is 4.98 Å². The zero-order valence-electron chi connectivity index (χ0n) is 14.4. The Balaban J connectivity index is 1.62. The molecule has 0 bridgehead atoms. The van der Waals surface area contributed by atoms with Crippen molar-refractivity contribution in [3.8, 4) is 5.75 Å². The summed E-state index contributed by atoms with van der Waals surface area (Å²) in [4.78, 5) is 13.3. The Morgan fingerprint density at radius 2 is 1.88 bits per heavy atom. The SMILES string of the molecule is COc1ccc(CN2CCCN(c3cc(C)nc(N)n3)CC2)cc1. The smallest absolute Gasteiger partial charge is 0.222 e. The zero-order valence-corrected chi connectivity index (χ0v) is 14.4. The summed E-state index contributed by atoms with van der Waals surface area (Å²) in [7, 11) is 1.69. The van der Waals surface area contributed by atoms with E-state index in [-0.39, 0.29) is 0 Å². The predicted molar refractivity (Wildman–Crippen MR) is 96.3 cm³/mol. The van der Waals surface area contributed by atoms with E-state index in [1.165, 1.54) is 5.56 Å². The molecule has 1 aliphatic rings. The molecular formula is C18H25N5O. The van der Waals surface area contributed by atoms with Gasteiger partial charge in [0.25, 0.3) is 0 Å². The van der Waals surface area contributed by atoms with Crippen LogP contribution >= 0.6 is 0 Å². The van der Waals surface area contributed by atoms with Gasteiger partial charge in [-0.2, -0.15) is 4.98 Å². The number of hydrogen-bond donors (Lipinski definition) is 1. The quantitative estimate of drug-likeness (QED) is 0.927. The van der Waals surface area contributed by atoms with Crippen LogP contribution in [0.4, 0.5) is 11.8 Å². The molecule has 1 aromatic heterocycles. The molecule has 0 amide bonds. The molecule has 1 aliphatic heterocycles.